The Kier molecular flexibility index (Phi) is 8.51. The van der Waals surface area contributed by atoms with Crippen molar-refractivity contribution >= 4 is 23.6 Å². The number of methoxy groups -OCH3 is 1. The number of rotatable bonds is 8. The van der Waals surface area contributed by atoms with E-state index in [1.807, 2.05) is 0 Å². The summed E-state index contributed by atoms with van der Waals surface area (Å²) >= 11 is 0. The van der Waals surface area contributed by atoms with E-state index in [-0.39, 0.29) is 36.0 Å². The lowest BCUT2D eigenvalue weighted by Gasteiger charge is -2.40. The first-order valence-electron chi connectivity index (χ1n) is 12.3. The molecule has 1 fully saturated rings. The van der Waals surface area contributed by atoms with Gasteiger partial charge in [-0.3, -0.25) is 14.5 Å². The number of nitriles is 1. The molecule has 2 aliphatic rings. The number of hydrogen-bond acceptors (Lipinski definition) is 6. The van der Waals surface area contributed by atoms with E-state index in [1.165, 1.54) is 7.11 Å². The fraction of sp³-hybridized carbons (Fsp3) is 0.393. The number of piperidine rings is 1. The van der Waals surface area contributed by atoms with Crippen molar-refractivity contribution in [1.29, 1.82) is 5.26 Å². The lowest BCUT2D eigenvalue weighted by Crippen LogP contribution is -2.48. The Bertz CT molecular complexity index is 1230. The second-order valence-electron chi connectivity index (χ2n) is 9.17. The van der Waals surface area contributed by atoms with Crippen molar-refractivity contribution in [3.05, 3.63) is 65.2 Å². The molecule has 0 aliphatic carbocycles. The van der Waals surface area contributed by atoms with E-state index < -0.39 is 11.6 Å². The van der Waals surface area contributed by atoms with Crippen molar-refractivity contribution in [2.75, 3.05) is 38.3 Å². The van der Waals surface area contributed by atoms with E-state index in [4.69, 9.17) is 9.47 Å². The van der Waals surface area contributed by atoms with Gasteiger partial charge in [0, 0.05) is 24.7 Å². The maximum absolute atomic E-state index is 14.0. The van der Waals surface area contributed by atoms with Gasteiger partial charge in [-0.25, -0.2) is 8.78 Å². The highest BCUT2D eigenvalue weighted by atomic mass is 19.1. The minimum absolute atomic E-state index is 0.0688. The summed E-state index contributed by atoms with van der Waals surface area (Å²) in [6, 6.07) is 10.3. The van der Waals surface area contributed by atoms with E-state index in [2.05, 4.69) is 11.0 Å². The Balaban J connectivity index is 1.47. The maximum atomic E-state index is 14.0. The fourth-order valence-corrected chi connectivity index (χ4v) is 5.10. The minimum Gasteiger partial charge on any atom is -0.482 e. The zero-order valence-corrected chi connectivity index (χ0v) is 20.7. The van der Waals surface area contributed by atoms with Gasteiger partial charge in [0.2, 0.25) is 0 Å². The third-order valence-corrected chi connectivity index (χ3v) is 6.91. The molecule has 9 heteroatoms. The molecule has 2 unspecified atom stereocenters. The number of benzene rings is 2. The standard InChI is InChI=1S/C28H29F2N3O4/c1-36-28(35)22-6-3-13-32(12-2-5-20-16-21(29)9-10-23(20)30)24(22)7-4-14-33-25-15-19(17-31)8-11-26(25)37-18-27(33)34/h2,5,8-11,15-16,22,24H,3-4,6-7,12-14,18H2,1H3. The van der Waals surface area contributed by atoms with E-state index in [1.54, 1.807) is 35.3 Å². The number of ether oxygens (including phenoxy) is 2. The normalized spacial score (nSPS) is 19.8. The molecule has 0 spiro atoms. The molecule has 0 bridgehead atoms. The Hall–Kier alpha value is -3.77. The second-order valence-corrected chi connectivity index (χ2v) is 9.17. The van der Waals surface area contributed by atoms with Gasteiger partial charge in [-0.1, -0.05) is 12.2 Å². The van der Waals surface area contributed by atoms with Crippen LogP contribution in [0, 0.1) is 28.9 Å². The van der Waals surface area contributed by atoms with Crippen LogP contribution < -0.4 is 9.64 Å². The predicted octanol–water partition coefficient (Wildman–Crippen LogP) is 4.31. The van der Waals surface area contributed by atoms with Gasteiger partial charge >= 0.3 is 5.97 Å². The average molecular weight is 510 g/mol. The summed E-state index contributed by atoms with van der Waals surface area (Å²) < 4.78 is 38.1. The van der Waals surface area contributed by atoms with Gasteiger partial charge in [0.05, 0.1) is 30.3 Å². The maximum Gasteiger partial charge on any atom is 0.310 e. The molecular weight excluding hydrogens is 480 g/mol. The fourth-order valence-electron chi connectivity index (χ4n) is 5.10. The van der Waals surface area contributed by atoms with E-state index >= 15 is 0 Å². The number of likely N-dealkylation sites (tertiary alicyclic amines) is 1. The molecule has 0 N–H and O–H groups in total. The Labute approximate surface area is 214 Å². The number of carbonyl (C=O) groups excluding carboxylic acids is 2. The Morgan fingerprint density at radius 1 is 1.27 bits per heavy atom. The number of nitrogens with zero attached hydrogens (tertiary/aromatic N) is 3. The van der Waals surface area contributed by atoms with Gasteiger partial charge in [-0.15, -0.1) is 0 Å². The molecule has 2 aromatic rings. The summed E-state index contributed by atoms with van der Waals surface area (Å²) in [6.07, 6.45) is 6.06. The van der Waals surface area contributed by atoms with Gasteiger partial charge in [-0.2, -0.15) is 5.26 Å². The van der Waals surface area contributed by atoms with Crippen LogP contribution in [0.15, 0.2) is 42.5 Å². The number of amides is 1. The number of halogens is 2. The van der Waals surface area contributed by atoms with Crippen LogP contribution in [0.4, 0.5) is 14.5 Å². The quantitative estimate of drug-likeness (QED) is 0.494. The number of hydrogen-bond donors (Lipinski definition) is 0. The van der Waals surface area contributed by atoms with Gasteiger partial charge < -0.3 is 14.4 Å². The Morgan fingerprint density at radius 3 is 2.89 bits per heavy atom. The first-order chi connectivity index (χ1) is 17.9. The van der Waals surface area contributed by atoms with Crippen LogP contribution in [0.5, 0.6) is 5.75 Å². The van der Waals surface area contributed by atoms with Crippen molar-refractivity contribution in [2.24, 2.45) is 5.92 Å². The number of esters is 1. The molecule has 0 aromatic heterocycles. The highest BCUT2D eigenvalue weighted by Gasteiger charge is 2.36. The molecule has 1 amide bonds. The molecule has 0 saturated carbocycles. The molecule has 7 nitrogen and oxygen atoms in total. The van der Waals surface area contributed by atoms with Crippen molar-refractivity contribution < 1.29 is 27.8 Å². The summed E-state index contributed by atoms with van der Waals surface area (Å²) in [5.74, 6) is -1.25. The molecule has 0 radical (unpaired) electrons. The van der Waals surface area contributed by atoms with Gasteiger partial charge in [0.1, 0.15) is 17.4 Å². The zero-order valence-electron chi connectivity index (χ0n) is 20.7. The first-order valence-corrected chi connectivity index (χ1v) is 12.3. The minimum atomic E-state index is -0.510. The van der Waals surface area contributed by atoms with Crippen molar-refractivity contribution in [3.8, 4) is 11.8 Å². The number of anilines is 1. The summed E-state index contributed by atoms with van der Waals surface area (Å²) in [6.45, 7) is 1.55. The summed E-state index contributed by atoms with van der Waals surface area (Å²) in [5, 5.41) is 9.26. The van der Waals surface area contributed by atoms with Crippen LogP contribution in [0.2, 0.25) is 0 Å². The lowest BCUT2D eigenvalue weighted by atomic mass is 9.86. The lowest BCUT2D eigenvalue weighted by molar-refractivity contribution is -0.149. The molecule has 4 rings (SSSR count). The molecule has 2 aliphatic heterocycles. The molecule has 2 atom stereocenters. The van der Waals surface area contributed by atoms with E-state index in [0.29, 0.717) is 49.4 Å². The largest absolute Gasteiger partial charge is 0.482 e. The highest BCUT2D eigenvalue weighted by Crippen LogP contribution is 2.34. The average Bonchev–Trinajstić information content (AvgIpc) is 2.91. The monoisotopic (exact) mass is 509 g/mol. The van der Waals surface area contributed by atoms with Crippen molar-refractivity contribution in [2.45, 2.75) is 31.7 Å². The predicted molar refractivity (Wildman–Crippen MR) is 134 cm³/mol. The highest BCUT2D eigenvalue weighted by molar-refractivity contribution is 5.98. The number of carbonyl (C=O) groups is 2. The zero-order chi connectivity index (χ0) is 26.4. The summed E-state index contributed by atoms with van der Waals surface area (Å²) in [5.41, 5.74) is 1.17. The smallest absolute Gasteiger partial charge is 0.310 e. The Morgan fingerprint density at radius 2 is 2.11 bits per heavy atom. The van der Waals surface area contributed by atoms with E-state index in [9.17, 15) is 23.6 Å². The molecular formula is C28H29F2N3O4. The van der Waals surface area contributed by atoms with E-state index in [0.717, 1.165) is 31.2 Å². The third-order valence-electron chi connectivity index (χ3n) is 6.91. The van der Waals surface area contributed by atoms with Gasteiger partial charge in [0.15, 0.2) is 6.61 Å². The number of fused-ring (bicyclic) bond motifs is 1. The molecule has 2 aromatic carbocycles. The molecule has 194 valence electrons. The molecule has 1 saturated heterocycles. The van der Waals surface area contributed by atoms with Crippen LogP contribution >= 0.6 is 0 Å². The van der Waals surface area contributed by atoms with Crippen molar-refractivity contribution in [3.63, 3.8) is 0 Å². The van der Waals surface area contributed by atoms with Crippen LogP contribution in [0.1, 0.15) is 36.8 Å². The molecule has 2 heterocycles. The van der Waals surface area contributed by atoms with Gasteiger partial charge in [-0.05, 0) is 68.6 Å². The van der Waals surface area contributed by atoms with Crippen LogP contribution in [-0.2, 0) is 14.3 Å². The summed E-state index contributed by atoms with van der Waals surface area (Å²) in [4.78, 5) is 29.0. The second kappa shape index (κ2) is 12.0. The third kappa shape index (κ3) is 6.15. The SMILES string of the molecule is COC(=O)C1CCCN(CC=Cc2cc(F)ccc2F)C1CCCN1C(=O)COc2ccc(C#N)cc21. The molecule has 37 heavy (non-hydrogen) atoms. The topological polar surface area (TPSA) is 82.9 Å². The summed E-state index contributed by atoms with van der Waals surface area (Å²) in [7, 11) is 1.38. The first kappa shape index (κ1) is 26.3. The van der Waals surface area contributed by atoms with Crippen LogP contribution in [0.3, 0.4) is 0 Å². The van der Waals surface area contributed by atoms with Crippen molar-refractivity contribution in [1.82, 2.24) is 4.90 Å². The van der Waals surface area contributed by atoms with Crippen LogP contribution in [-0.4, -0.2) is 56.2 Å². The van der Waals surface area contributed by atoms with Gasteiger partial charge in [0.25, 0.3) is 5.91 Å². The van der Waals surface area contributed by atoms with Crippen LogP contribution in [0.25, 0.3) is 6.08 Å².